The smallest absolute Gasteiger partial charge is 0.142 e. The molecule has 0 amide bonds. The Labute approximate surface area is 125 Å². The number of hydrogen-bond donors (Lipinski definition) is 2. The van der Waals surface area contributed by atoms with Crippen LogP contribution in [0.1, 0.15) is 56.6 Å². The average Bonchev–Trinajstić information content (AvgIpc) is 2.42. The van der Waals surface area contributed by atoms with Crippen LogP contribution in [0.3, 0.4) is 0 Å². The van der Waals surface area contributed by atoms with Crippen molar-refractivity contribution in [1.29, 1.82) is 0 Å². The third-order valence-electron chi connectivity index (χ3n) is 4.60. The fraction of sp³-hybridized carbons (Fsp3) is 0.625. The zero-order valence-electron chi connectivity index (χ0n) is 11.7. The Morgan fingerprint density at radius 2 is 1.80 bits per heavy atom. The van der Waals surface area contributed by atoms with Gasteiger partial charge in [0.15, 0.2) is 0 Å². The van der Waals surface area contributed by atoms with Gasteiger partial charge in [-0.15, -0.1) is 0 Å². The molecule has 1 atom stereocenters. The number of nitrogens with two attached hydrogens (primary N) is 1. The topological polar surface area (TPSA) is 46.2 Å². The highest BCUT2D eigenvalue weighted by atomic mass is 35.5. The SMILES string of the molecule is NCC1(C(O)c2ccc(Cl)c(F)c2)CCCCCCC1. The summed E-state index contributed by atoms with van der Waals surface area (Å²) in [7, 11) is 0. The van der Waals surface area contributed by atoms with E-state index < -0.39 is 11.9 Å². The Morgan fingerprint density at radius 3 is 2.35 bits per heavy atom. The molecule has 3 N–H and O–H groups in total. The first-order valence-corrected chi connectivity index (χ1v) is 7.80. The van der Waals surface area contributed by atoms with E-state index >= 15 is 0 Å². The highest BCUT2D eigenvalue weighted by Crippen LogP contribution is 2.44. The summed E-state index contributed by atoms with van der Waals surface area (Å²) in [4.78, 5) is 0. The third-order valence-corrected chi connectivity index (χ3v) is 4.90. The molecule has 0 saturated heterocycles. The van der Waals surface area contributed by atoms with Crippen LogP contribution in [0.15, 0.2) is 18.2 Å². The zero-order valence-corrected chi connectivity index (χ0v) is 12.5. The summed E-state index contributed by atoms with van der Waals surface area (Å²) < 4.78 is 13.6. The predicted octanol–water partition coefficient (Wildman–Crippen LogP) is 4.20. The number of aliphatic hydroxyl groups is 1. The largest absolute Gasteiger partial charge is 0.388 e. The Balaban J connectivity index is 2.25. The molecule has 0 spiro atoms. The van der Waals surface area contributed by atoms with E-state index in [0.29, 0.717) is 12.1 Å². The van der Waals surface area contributed by atoms with E-state index in [0.717, 1.165) is 25.7 Å². The van der Waals surface area contributed by atoms with Crippen molar-refractivity contribution < 1.29 is 9.50 Å². The van der Waals surface area contributed by atoms with Crippen LogP contribution >= 0.6 is 11.6 Å². The lowest BCUT2D eigenvalue weighted by Crippen LogP contribution is -2.37. The van der Waals surface area contributed by atoms with Crippen LogP contribution in [0.25, 0.3) is 0 Å². The van der Waals surface area contributed by atoms with Crippen molar-refractivity contribution in [1.82, 2.24) is 0 Å². The Kier molecular flexibility index (Phi) is 5.42. The van der Waals surface area contributed by atoms with Gasteiger partial charge in [0.1, 0.15) is 5.82 Å². The van der Waals surface area contributed by atoms with Crippen molar-refractivity contribution in [2.45, 2.75) is 51.0 Å². The lowest BCUT2D eigenvalue weighted by molar-refractivity contribution is 0.00830. The van der Waals surface area contributed by atoms with Crippen LogP contribution in [-0.4, -0.2) is 11.7 Å². The summed E-state index contributed by atoms with van der Waals surface area (Å²) in [5, 5.41) is 10.8. The molecule has 1 aromatic carbocycles. The molecular formula is C16H23ClFNO. The molecule has 2 rings (SSSR count). The summed E-state index contributed by atoms with van der Waals surface area (Å²) in [6.45, 7) is 0.429. The number of rotatable bonds is 3. The van der Waals surface area contributed by atoms with E-state index in [1.165, 1.54) is 31.4 Å². The molecule has 2 nitrogen and oxygen atoms in total. The van der Waals surface area contributed by atoms with E-state index in [4.69, 9.17) is 17.3 Å². The van der Waals surface area contributed by atoms with Crippen molar-refractivity contribution >= 4 is 11.6 Å². The van der Waals surface area contributed by atoms with Crippen LogP contribution in [0.4, 0.5) is 4.39 Å². The Hall–Kier alpha value is -0.640. The van der Waals surface area contributed by atoms with E-state index in [-0.39, 0.29) is 10.4 Å². The van der Waals surface area contributed by atoms with Gasteiger partial charge in [0.05, 0.1) is 11.1 Å². The lowest BCUT2D eigenvalue weighted by Gasteiger charge is -2.39. The van der Waals surface area contributed by atoms with Gasteiger partial charge in [-0.1, -0.05) is 49.8 Å². The molecule has 0 bridgehead atoms. The average molecular weight is 300 g/mol. The zero-order chi connectivity index (χ0) is 14.6. The second-order valence-corrected chi connectivity index (χ2v) is 6.32. The first kappa shape index (κ1) is 15.7. The summed E-state index contributed by atoms with van der Waals surface area (Å²) in [5.41, 5.74) is 6.23. The summed E-state index contributed by atoms with van der Waals surface area (Å²) in [5.74, 6) is -0.485. The van der Waals surface area contributed by atoms with Crippen LogP contribution in [0.2, 0.25) is 5.02 Å². The fourth-order valence-corrected chi connectivity index (χ4v) is 3.35. The number of hydrogen-bond acceptors (Lipinski definition) is 2. The standard InChI is InChI=1S/C16H23ClFNO/c17-13-7-6-12(10-14(13)18)15(20)16(11-19)8-4-2-1-3-5-9-16/h6-7,10,15,20H,1-5,8-9,11,19H2. The molecule has 20 heavy (non-hydrogen) atoms. The molecule has 1 fully saturated rings. The van der Waals surface area contributed by atoms with Gasteiger partial charge >= 0.3 is 0 Å². The van der Waals surface area contributed by atoms with Crippen LogP contribution in [0, 0.1) is 11.2 Å². The maximum absolute atomic E-state index is 13.6. The first-order valence-electron chi connectivity index (χ1n) is 7.42. The van der Waals surface area contributed by atoms with E-state index in [1.54, 1.807) is 6.07 Å². The molecule has 1 aromatic rings. The monoisotopic (exact) mass is 299 g/mol. The molecule has 0 heterocycles. The van der Waals surface area contributed by atoms with E-state index in [1.807, 2.05) is 0 Å². The van der Waals surface area contributed by atoms with Gasteiger partial charge in [-0.25, -0.2) is 4.39 Å². The van der Waals surface area contributed by atoms with Gasteiger partial charge < -0.3 is 10.8 Å². The minimum absolute atomic E-state index is 0.0837. The van der Waals surface area contributed by atoms with Gasteiger partial charge in [0.2, 0.25) is 0 Å². The fourth-order valence-electron chi connectivity index (χ4n) is 3.23. The maximum Gasteiger partial charge on any atom is 0.142 e. The predicted molar refractivity (Wildman–Crippen MR) is 80.2 cm³/mol. The molecule has 0 radical (unpaired) electrons. The molecule has 112 valence electrons. The molecule has 1 aliphatic rings. The Bertz CT molecular complexity index is 444. The number of halogens is 2. The van der Waals surface area contributed by atoms with Crippen molar-refractivity contribution in [3.63, 3.8) is 0 Å². The lowest BCUT2D eigenvalue weighted by atomic mass is 9.70. The minimum atomic E-state index is -0.725. The quantitative estimate of drug-likeness (QED) is 0.878. The molecule has 1 unspecified atom stereocenters. The summed E-state index contributed by atoms with van der Waals surface area (Å²) in [6.07, 6.45) is 6.84. The van der Waals surface area contributed by atoms with Crippen LogP contribution in [-0.2, 0) is 0 Å². The molecule has 0 aliphatic heterocycles. The van der Waals surface area contributed by atoms with Crippen molar-refractivity contribution in [3.8, 4) is 0 Å². The first-order chi connectivity index (χ1) is 9.59. The van der Waals surface area contributed by atoms with Gasteiger partial charge in [-0.05, 0) is 30.5 Å². The van der Waals surface area contributed by atoms with Gasteiger partial charge in [-0.3, -0.25) is 0 Å². The van der Waals surface area contributed by atoms with E-state index in [2.05, 4.69) is 0 Å². The normalized spacial score (nSPS) is 21.0. The molecule has 0 aromatic heterocycles. The van der Waals surface area contributed by atoms with Crippen molar-refractivity contribution in [2.24, 2.45) is 11.1 Å². The second kappa shape index (κ2) is 6.88. The van der Waals surface area contributed by atoms with Crippen LogP contribution < -0.4 is 5.73 Å². The van der Waals surface area contributed by atoms with Gasteiger partial charge in [0, 0.05) is 12.0 Å². The number of benzene rings is 1. The van der Waals surface area contributed by atoms with Gasteiger partial charge in [0.25, 0.3) is 0 Å². The third kappa shape index (κ3) is 3.33. The molecule has 4 heteroatoms. The highest BCUT2D eigenvalue weighted by Gasteiger charge is 2.37. The highest BCUT2D eigenvalue weighted by molar-refractivity contribution is 6.30. The van der Waals surface area contributed by atoms with Crippen LogP contribution in [0.5, 0.6) is 0 Å². The molecular weight excluding hydrogens is 277 g/mol. The maximum atomic E-state index is 13.6. The summed E-state index contributed by atoms with van der Waals surface area (Å²) in [6, 6.07) is 4.54. The van der Waals surface area contributed by atoms with Gasteiger partial charge in [-0.2, -0.15) is 0 Å². The molecule has 1 aliphatic carbocycles. The second-order valence-electron chi connectivity index (χ2n) is 5.91. The summed E-state index contributed by atoms with van der Waals surface area (Å²) >= 11 is 5.71. The minimum Gasteiger partial charge on any atom is -0.388 e. The van der Waals surface area contributed by atoms with Crippen molar-refractivity contribution in [3.05, 3.63) is 34.6 Å². The van der Waals surface area contributed by atoms with Crippen molar-refractivity contribution in [2.75, 3.05) is 6.54 Å². The number of aliphatic hydroxyl groups excluding tert-OH is 1. The van der Waals surface area contributed by atoms with E-state index in [9.17, 15) is 9.50 Å². The Morgan fingerprint density at radius 1 is 1.20 bits per heavy atom. The molecule has 1 saturated carbocycles.